The molecular weight excluding hydrogens is 364 g/mol. The molecule has 0 unspecified atom stereocenters. The highest BCUT2D eigenvalue weighted by Crippen LogP contribution is 2.25. The molecule has 0 bridgehead atoms. The number of hydrogen-bond acceptors (Lipinski definition) is 4. The highest BCUT2D eigenvalue weighted by molar-refractivity contribution is 5.94. The van der Waals surface area contributed by atoms with E-state index in [4.69, 9.17) is 0 Å². The Kier molecular flexibility index (Phi) is 4.73. The van der Waals surface area contributed by atoms with E-state index in [2.05, 4.69) is 50.0 Å². The average molecular weight is 388 g/mol. The van der Waals surface area contributed by atoms with Crippen LogP contribution in [0.5, 0.6) is 0 Å². The Morgan fingerprint density at radius 2 is 2.10 bits per heavy atom. The molecule has 1 saturated carbocycles. The van der Waals surface area contributed by atoms with Crippen molar-refractivity contribution in [1.29, 1.82) is 0 Å². The van der Waals surface area contributed by atoms with Crippen LogP contribution in [0, 0.1) is 5.92 Å². The molecule has 3 heterocycles. The van der Waals surface area contributed by atoms with Gasteiger partial charge in [-0.05, 0) is 60.5 Å². The molecule has 0 saturated heterocycles. The van der Waals surface area contributed by atoms with Gasteiger partial charge in [-0.1, -0.05) is 18.6 Å². The Bertz CT molecular complexity index is 1160. The molecule has 0 spiro atoms. The predicted octanol–water partition coefficient (Wildman–Crippen LogP) is 3.03. The van der Waals surface area contributed by atoms with Crippen LogP contribution in [-0.4, -0.2) is 32.0 Å². The first-order valence-electron chi connectivity index (χ1n) is 10.1. The van der Waals surface area contributed by atoms with Crippen molar-refractivity contribution in [1.82, 2.24) is 30.2 Å². The van der Waals surface area contributed by atoms with Crippen LogP contribution in [0.4, 0.5) is 0 Å². The first kappa shape index (κ1) is 17.9. The second kappa shape index (κ2) is 7.67. The van der Waals surface area contributed by atoms with Crippen LogP contribution < -0.4 is 10.6 Å². The lowest BCUT2D eigenvalue weighted by atomic mass is 9.85. The number of hydrogen-bond donors (Lipinski definition) is 3. The zero-order chi connectivity index (χ0) is 19.6. The molecule has 0 aliphatic heterocycles. The Morgan fingerprint density at radius 1 is 1.17 bits per heavy atom. The fourth-order valence-corrected chi connectivity index (χ4v) is 3.78. The summed E-state index contributed by atoms with van der Waals surface area (Å²) in [6.07, 6.45) is 7.27. The Hall–Kier alpha value is -3.19. The van der Waals surface area contributed by atoms with E-state index in [-0.39, 0.29) is 5.91 Å². The van der Waals surface area contributed by atoms with Gasteiger partial charge < -0.3 is 15.6 Å². The van der Waals surface area contributed by atoms with Crippen molar-refractivity contribution in [2.24, 2.45) is 5.92 Å². The summed E-state index contributed by atoms with van der Waals surface area (Å²) in [5.41, 5.74) is 4.63. The van der Waals surface area contributed by atoms with E-state index in [0.29, 0.717) is 12.1 Å². The third-order valence-corrected chi connectivity index (χ3v) is 5.71. The molecule has 1 amide bonds. The molecule has 7 nitrogen and oxygen atoms in total. The van der Waals surface area contributed by atoms with Gasteiger partial charge in [0.2, 0.25) is 0 Å². The fourth-order valence-electron chi connectivity index (χ4n) is 3.78. The summed E-state index contributed by atoms with van der Waals surface area (Å²) in [7, 11) is 0. The summed E-state index contributed by atoms with van der Waals surface area (Å²) >= 11 is 0. The number of H-pyrrole nitrogens is 1. The number of carbonyl (C=O) groups excluding carboxylic acids is 1. The maximum atomic E-state index is 12.5. The normalized spacial score (nSPS) is 14.3. The van der Waals surface area contributed by atoms with Crippen LogP contribution in [0.15, 0.2) is 48.9 Å². The SMILES string of the molecule is O=C(NCc1ccc2cc(CNCC3CCC3)[nH]c2c1)c1ccc2ncnn2c1. The first-order valence-corrected chi connectivity index (χ1v) is 10.1. The average Bonchev–Trinajstić information content (AvgIpc) is 3.33. The summed E-state index contributed by atoms with van der Waals surface area (Å²) in [5.74, 6) is 0.731. The second-order valence-electron chi connectivity index (χ2n) is 7.81. The molecule has 1 fully saturated rings. The summed E-state index contributed by atoms with van der Waals surface area (Å²) in [6.45, 7) is 2.44. The monoisotopic (exact) mass is 388 g/mol. The van der Waals surface area contributed by atoms with E-state index in [9.17, 15) is 4.79 Å². The quantitative estimate of drug-likeness (QED) is 0.454. The molecule has 5 rings (SSSR count). The van der Waals surface area contributed by atoms with Crippen LogP contribution >= 0.6 is 0 Å². The lowest BCUT2D eigenvalue weighted by Crippen LogP contribution is -2.26. The highest BCUT2D eigenvalue weighted by Gasteiger charge is 2.16. The standard InChI is InChI=1S/C22H24N6O/c29-22(18-6-7-21-25-14-26-28(21)13-18)24-11-16-4-5-17-9-19(27-20(17)8-16)12-23-10-15-2-1-3-15/h4-9,13-15,23,27H,1-3,10-12H2,(H,24,29). The first-order chi connectivity index (χ1) is 14.2. The van der Waals surface area contributed by atoms with E-state index in [1.807, 2.05) is 0 Å². The van der Waals surface area contributed by atoms with E-state index in [1.54, 1.807) is 22.8 Å². The largest absolute Gasteiger partial charge is 0.357 e. The zero-order valence-electron chi connectivity index (χ0n) is 16.2. The number of aromatic amines is 1. The third-order valence-electron chi connectivity index (χ3n) is 5.71. The van der Waals surface area contributed by atoms with Gasteiger partial charge in [0, 0.05) is 30.5 Å². The molecule has 3 aromatic heterocycles. The van der Waals surface area contributed by atoms with Crippen LogP contribution in [0.3, 0.4) is 0 Å². The third kappa shape index (κ3) is 3.86. The van der Waals surface area contributed by atoms with Crippen molar-refractivity contribution in [2.45, 2.75) is 32.4 Å². The Balaban J connectivity index is 1.21. The zero-order valence-corrected chi connectivity index (χ0v) is 16.2. The summed E-state index contributed by atoms with van der Waals surface area (Å²) in [6, 6.07) is 12.0. The smallest absolute Gasteiger partial charge is 0.253 e. The summed E-state index contributed by atoms with van der Waals surface area (Å²) in [4.78, 5) is 20.0. The minimum Gasteiger partial charge on any atom is -0.357 e. The number of pyridine rings is 1. The number of nitrogens with zero attached hydrogens (tertiary/aromatic N) is 3. The van der Waals surface area contributed by atoms with Crippen molar-refractivity contribution < 1.29 is 4.79 Å². The molecular formula is C22H24N6O. The van der Waals surface area contributed by atoms with Gasteiger partial charge in [0.25, 0.3) is 5.91 Å². The summed E-state index contributed by atoms with van der Waals surface area (Å²) < 4.78 is 1.60. The highest BCUT2D eigenvalue weighted by atomic mass is 16.1. The fraction of sp³-hybridized carbons (Fsp3) is 0.318. The molecule has 4 aromatic rings. The minimum absolute atomic E-state index is 0.130. The molecule has 148 valence electrons. The lowest BCUT2D eigenvalue weighted by Gasteiger charge is -2.25. The van der Waals surface area contributed by atoms with Gasteiger partial charge in [-0.3, -0.25) is 4.79 Å². The maximum absolute atomic E-state index is 12.5. The van der Waals surface area contributed by atoms with Gasteiger partial charge in [0.05, 0.1) is 5.56 Å². The van der Waals surface area contributed by atoms with Gasteiger partial charge in [-0.15, -0.1) is 0 Å². The predicted molar refractivity (Wildman–Crippen MR) is 112 cm³/mol. The molecule has 0 radical (unpaired) electrons. The van der Waals surface area contributed by atoms with Crippen molar-refractivity contribution in [3.63, 3.8) is 0 Å². The van der Waals surface area contributed by atoms with E-state index in [0.717, 1.165) is 35.7 Å². The number of benzene rings is 1. The van der Waals surface area contributed by atoms with Crippen LogP contribution in [0.2, 0.25) is 0 Å². The lowest BCUT2D eigenvalue weighted by molar-refractivity contribution is 0.0950. The molecule has 3 N–H and O–H groups in total. The number of carbonyl (C=O) groups is 1. The van der Waals surface area contributed by atoms with Crippen molar-refractivity contribution in [2.75, 3.05) is 6.54 Å². The second-order valence-corrected chi connectivity index (χ2v) is 7.81. The van der Waals surface area contributed by atoms with Crippen LogP contribution in [-0.2, 0) is 13.1 Å². The number of amides is 1. The van der Waals surface area contributed by atoms with Gasteiger partial charge in [-0.25, -0.2) is 9.50 Å². The van der Waals surface area contributed by atoms with Gasteiger partial charge in [0.15, 0.2) is 5.65 Å². The molecule has 1 aliphatic carbocycles. The number of fused-ring (bicyclic) bond motifs is 2. The molecule has 1 aromatic carbocycles. The molecule has 29 heavy (non-hydrogen) atoms. The number of aromatic nitrogens is 4. The van der Waals surface area contributed by atoms with Gasteiger partial charge in [-0.2, -0.15) is 5.10 Å². The van der Waals surface area contributed by atoms with Crippen LogP contribution in [0.1, 0.15) is 40.9 Å². The van der Waals surface area contributed by atoms with Crippen molar-refractivity contribution >= 4 is 22.5 Å². The molecule has 1 aliphatic rings. The van der Waals surface area contributed by atoms with Gasteiger partial charge >= 0.3 is 0 Å². The minimum atomic E-state index is -0.130. The van der Waals surface area contributed by atoms with E-state index >= 15 is 0 Å². The van der Waals surface area contributed by atoms with E-state index in [1.165, 1.54) is 36.7 Å². The topological polar surface area (TPSA) is 87.1 Å². The van der Waals surface area contributed by atoms with Gasteiger partial charge in [0.1, 0.15) is 6.33 Å². The number of rotatable bonds is 7. The Labute approximate surface area is 168 Å². The maximum Gasteiger partial charge on any atom is 0.253 e. The van der Waals surface area contributed by atoms with E-state index < -0.39 is 0 Å². The molecule has 0 atom stereocenters. The van der Waals surface area contributed by atoms with Crippen LogP contribution in [0.25, 0.3) is 16.6 Å². The van der Waals surface area contributed by atoms with Crippen molar-refractivity contribution in [3.05, 3.63) is 65.7 Å². The van der Waals surface area contributed by atoms with Crippen molar-refractivity contribution in [3.8, 4) is 0 Å². The number of nitrogens with one attached hydrogen (secondary N) is 3. The Morgan fingerprint density at radius 3 is 2.97 bits per heavy atom. The molecule has 7 heteroatoms. The summed E-state index contributed by atoms with van der Waals surface area (Å²) in [5, 5.41) is 11.8.